The number of hydrogen-bond acceptors (Lipinski definition) is 4. The van der Waals surface area contributed by atoms with Crippen LogP contribution >= 0.6 is 0 Å². The van der Waals surface area contributed by atoms with Gasteiger partial charge in [0.25, 0.3) is 0 Å². The third kappa shape index (κ3) is 1.96. The number of likely N-dealkylation sites (tertiary alicyclic amines) is 2. The number of rotatable bonds is 2. The van der Waals surface area contributed by atoms with Crippen LogP contribution in [0.5, 0.6) is 0 Å². The van der Waals surface area contributed by atoms with Crippen LogP contribution in [0.4, 0.5) is 0 Å². The number of amides is 4. The van der Waals surface area contributed by atoms with Crippen LogP contribution in [0.25, 0.3) is 0 Å². The fourth-order valence-electron chi connectivity index (χ4n) is 8.15. The van der Waals surface area contributed by atoms with Crippen molar-refractivity contribution < 1.29 is 19.2 Å². The number of allylic oxidation sites excluding steroid dienone is 4. The van der Waals surface area contributed by atoms with E-state index in [1.54, 1.807) is 9.80 Å². The summed E-state index contributed by atoms with van der Waals surface area (Å²) in [5.41, 5.74) is 0. The molecule has 2 saturated heterocycles. The minimum atomic E-state index is -0.144. The second kappa shape index (κ2) is 5.71. The Labute approximate surface area is 175 Å². The van der Waals surface area contributed by atoms with E-state index in [1.807, 2.05) is 0 Å². The van der Waals surface area contributed by atoms with E-state index >= 15 is 0 Å². The Hall–Kier alpha value is -2.24. The van der Waals surface area contributed by atoms with Crippen LogP contribution in [0.3, 0.4) is 0 Å². The van der Waals surface area contributed by atoms with Crippen LogP contribution in [0.15, 0.2) is 24.3 Å². The molecule has 6 nitrogen and oxygen atoms in total. The van der Waals surface area contributed by atoms with Crippen molar-refractivity contribution in [1.82, 2.24) is 9.80 Å². The van der Waals surface area contributed by atoms with Gasteiger partial charge >= 0.3 is 0 Å². The zero-order valence-electron chi connectivity index (χ0n) is 16.9. The highest BCUT2D eigenvalue weighted by Crippen LogP contribution is 2.55. The Balaban J connectivity index is 1.06. The molecule has 2 heterocycles. The van der Waals surface area contributed by atoms with E-state index < -0.39 is 0 Å². The third-order valence-electron chi connectivity index (χ3n) is 9.41. The molecule has 0 radical (unpaired) electrons. The first kappa shape index (κ1) is 17.4. The molecule has 2 aliphatic heterocycles. The van der Waals surface area contributed by atoms with Gasteiger partial charge in [-0.05, 0) is 62.2 Å². The molecule has 5 fully saturated rings. The average molecular weight is 406 g/mol. The molecule has 0 aromatic rings. The van der Waals surface area contributed by atoms with E-state index in [9.17, 15) is 19.2 Å². The topological polar surface area (TPSA) is 74.8 Å². The maximum Gasteiger partial charge on any atom is 0.233 e. The van der Waals surface area contributed by atoms with Crippen molar-refractivity contribution >= 4 is 23.6 Å². The fraction of sp³-hybridized carbons (Fsp3) is 0.667. The second-order valence-electron chi connectivity index (χ2n) is 10.6. The lowest BCUT2D eigenvalue weighted by atomic mass is 9.85. The van der Waals surface area contributed by atoms with E-state index in [1.165, 1.54) is 0 Å². The Morgan fingerprint density at radius 1 is 0.500 bits per heavy atom. The standard InChI is InChI=1S/C24H26N2O4/c27-21-17-11-1-2-12(9-11)18(17)22(28)25(21)15-5-7-16(8-6-15)26-23(29)19-13-3-4-14(10-13)20(19)24(26)30/h1-4,11-20H,5-10H2. The van der Waals surface area contributed by atoms with Gasteiger partial charge in [-0.1, -0.05) is 24.3 Å². The summed E-state index contributed by atoms with van der Waals surface area (Å²) >= 11 is 0. The summed E-state index contributed by atoms with van der Waals surface area (Å²) in [7, 11) is 0. The van der Waals surface area contributed by atoms with E-state index in [4.69, 9.17) is 0 Å². The highest BCUT2D eigenvalue weighted by atomic mass is 16.2. The Bertz CT molecular complexity index is 809. The van der Waals surface area contributed by atoms with E-state index in [0.29, 0.717) is 25.7 Å². The predicted octanol–water partition coefficient (Wildman–Crippen LogP) is 1.91. The maximum absolute atomic E-state index is 13.1. The summed E-state index contributed by atoms with van der Waals surface area (Å²) in [6.45, 7) is 0. The van der Waals surface area contributed by atoms with Crippen LogP contribution in [0, 0.1) is 47.3 Å². The van der Waals surface area contributed by atoms with Crippen molar-refractivity contribution in [1.29, 1.82) is 0 Å². The van der Waals surface area contributed by atoms with Crippen molar-refractivity contribution in [3.8, 4) is 0 Å². The summed E-state index contributed by atoms with van der Waals surface area (Å²) in [5, 5.41) is 0. The zero-order valence-corrected chi connectivity index (χ0v) is 16.9. The van der Waals surface area contributed by atoms with Crippen molar-refractivity contribution in [3.63, 3.8) is 0 Å². The Kier molecular flexibility index (Phi) is 3.32. The molecule has 4 bridgehead atoms. The summed E-state index contributed by atoms with van der Waals surface area (Å²) < 4.78 is 0. The summed E-state index contributed by atoms with van der Waals surface area (Å²) in [6, 6.07) is -0.146. The molecule has 0 aromatic heterocycles. The third-order valence-corrected chi connectivity index (χ3v) is 9.41. The molecule has 156 valence electrons. The van der Waals surface area contributed by atoms with E-state index in [-0.39, 0.29) is 83.1 Å². The van der Waals surface area contributed by atoms with Crippen LogP contribution in [0.2, 0.25) is 0 Å². The first-order valence-corrected chi connectivity index (χ1v) is 11.6. The smallest absolute Gasteiger partial charge is 0.233 e. The average Bonchev–Trinajstić information content (AvgIpc) is 3.56. The number of carbonyl (C=O) groups is 4. The Morgan fingerprint density at radius 3 is 1.03 bits per heavy atom. The first-order valence-electron chi connectivity index (χ1n) is 11.6. The maximum atomic E-state index is 13.1. The molecule has 0 N–H and O–H groups in total. The minimum Gasteiger partial charge on any atom is -0.279 e. The van der Waals surface area contributed by atoms with Gasteiger partial charge in [-0.15, -0.1) is 0 Å². The number of nitrogens with zero attached hydrogens (tertiary/aromatic N) is 2. The van der Waals surface area contributed by atoms with Crippen LogP contribution in [0.1, 0.15) is 38.5 Å². The summed E-state index contributed by atoms with van der Waals surface area (Å²) in [4.78, 5) is 55.5. The molecule has 7 aliphatic rings. The number of hydrogen-bond donors (Lipinski definition) is 0. The number of carbonyl (C=O) groups excluding carboxylic acids is 4. The lowest BCUT2D eigenvalue weighted by molar-refractivity contribution is -0.149. The van der Waals surface area contributed by atoms with E-state index in [2.05, 4.69) is 24.3 Å². The van der Waals surface area contributed by atoms with Gasteiger partial charge in [-0.2, -0.15) is 0 Å². The zero-order chi connectivity index (χ0) is 20.3. The van der Waals surface area contributed by atoms with Crippen molar-refractivity contribution in [2.75, 3.05) is 0 Å². The fourth-order valence-corrected chi connectivity index (χ4v) is 8.15. The van der Waals surface area contributed by atoms with Gasteiger partial charge in [0.15, 0.2) is 0 Å². The van der Waals surface area contributed by atoms with Crippen molar-refractivity contribution in [3.05, 3.63) is 24.3 Å². The van der Waals surface area contributed by atoms with Crippen LogP contribution in [-0.4, -0.2) is 45.5 Å². The first-order chi connectivity index (χ1) is 14.5. The summed E-state index contributed by atoms with van der Waals surface area (Å²) in [5.74, 6) is 0.467. The second-order valence-corrected chi connectivity index (χ2v) is 10.6. The molecule has 8 atom stereocenters. The molecule has 3 saturated carbocycles. The summed E-state index contributed by atoms with van der Waals surface area (Å²) in [6.07, 6.45) is 13.2. The lowest BCUT2D eigenvalue weighted by Crippen LogP contribution is -2.49. The van der Waals surface area contributed by atoms with Crippen molar-refractivity contribution in [2.24, 2.45) is 47.3 Å². The van der Waals surface area contributed by atoms with Gasteiger partial charge in [0.05, 0.1) is 23.7 Å². The van der Waals surface area contributed by atoms with Gasteiger partial charge in [-0.3, -0.25) is 29.0 Å². The SMILES string of the molecule is O=C1C2C3C=CC(C3)C2C(=O)N1C1CCC(N2C(=O)C3C4C=CC(C4)C3C2=O)CC1. The molecule has 30 heavy (non-hydrogen) atoms. The van der Waals surface area contributed by atoms with Crippen LogP contribution < -0.4 is 0 Å². The molecule has 7 rings (SSSR count). The molecule has 6 heteroatoms. The van der Waals surface area contributed by atoms with Crippen molar-refractivity contribution in [2.45, 2.75) is 50.6 Å². The molecule has 8 unspecified atom stereocenters. The quantitative estimate of drug-likeness (QED) is 0.519. The number of fused-ring (bicyclic) bond motifs is 10. The molecule has 0 aromatic carbocycles. The minimum absolute atomic E-state index is 0.0239. The number of imide groups is 2. The van der Waals surface area contributed by atoms with Gasteiger partial charge in [0, 0.05) is 12.1 Å². The highest BCUT2D eigenvalue weighted by molar-refractivity contribution is 6.07. The van der Waals surface area contributed by atoms with Gasteiger partial charge in [0.1, 0.15) is 0 Å². The van der Waals surface area contributed by atoms with E-state index in [0.717, 1.165) is 12.8 Å². The molecule has 5 aliphatic carbocycles. The predicted molar refractivity (Wildman–Crippen MR) is 105 cm³/mol. The molecule has 4 amide bonds. The molecular formula is C24H26N2O4. The highest BCUT2D eigenvalue weighted by Gasteiger charge is 2.62. The van der Waals surface area contributed by atoms with Crippen LogP contribution in [-0.2, 0) is 19.2 Å². The normalized spacial score (nSPS) is 50.4. The van der Waals surface area contributed by atoms with Gasteiger partial charge in [0.2, 0.25) is 23.6 Å². The molecule has 0 spiro atoms. The van der Waals surface area contributed by atoms with Gasteiger partial charge < -0.3 is 0 Å². The lowest BCUT2D eigenvalue weighted by Gasteiger charge is -2.37. The molecular weight excluding hydrogens is 380 g/mol. The van der Waals surface area contributed by atoms with Gasteiger partial charge in [-0.25, -0.2) is 0 Å². The monoisotopic (exact) mass is 406 g/mol. The largest absolute Gasteiger partial charge is 0.279 e. The Morgan fingerprint density at radius 2 is 0.767 bits per heavy atom.